The minimum Gasteiger partial charge on any atom is -0.503 e. The van der Waals surface area contributed by atoms with Gasteiger partial charge in [-0.15, -0.1) is 107 Å². The van der Waals surface area contributed by atoms with Crippen molar-refractivity contribution >= 4 is 121 Å². The summed E-state index contributed by atoms with van der Waals surface area (Å²) >= 11 is 0. The molecule has 0 saturated carbocycles. The summed E-state index contributed by atoms with van der Waals surface area (Å²) in [6, 6.07) is 86.8. The van der Waals surface area contributed by atoms with E-state index in [0.29, 0.717) is 23.0 Å². The zero-order valence-corrected chi connectivity index (χ0v) is 48.7. The van der Waals surface area contributed by atoms with Crippen LogP contribution in [0.25, 0.3) is 87.2 Å². The maximum Gasteiger partial charge on any atom is 0.137 e. The summed E-state index contributed by atoms with van der Waals surface area (Å²) in [5.41, 5.74) is 11.2. The standard InChI is InChI=1S/C38H22N3O2.C34H20N3O2.2Pt/c1-2-9-26(10-3-1)40-24-41(35-15-6-5-14-34(35)40)27-11-8-12-28(21-27)42-29-19-17-25-18-20-31-37(32(25)22-29)39-23-33-30-13-4-7-16-36(30)43-38(31)33;1-2-7-24(8-3-1)36-17-18-37(22-36)25-9-6-10-26(19-25)38-27-15-13-23-14-16-29-33(30(23)20-27)35-21-31-28-11-4-5-12-32(28)39-34(29)31;;/h1-20,23-24H;1-18,21-22H;;/q2*-3;;. The van der Waals surface area contributed by atoms with Crippen molar-refractivity contribution in [3.8, 4) is 23.0 Å². The van der Waals surface area contributed by atoms with E-state index in [1.807, 2.05) is 170 Å². The Bertz CT molecular complexity index is 5010. The number of furan rings is 2. The van der Waals surface area contributed by atoms with Gasteiger partial charge < -0.3 is 47.9 Å². The Labute approximate surface area is 511 Å². The second kappa shape index (κ2) is 21.9. The molecule has 11 aromatic carbocycles. The van der Waals surface area contributed by atoms with Crippen LogP contribution in [0.4, 0.5) is 34.1 Å². The molecule has 15 aromatic rings. The Morgan fingerprint density at radius 3 is 1.40 bits per heavy atom. The molecule has 0 fully saturated rings. The fourth-order valence-electron chi connectivity index (χ4n) is 11.1. The Balaban J connectivity index is 0.000000147. The summed E-state index contributed by atoms with van der Waals surface area (Å²) in [5, 5.41) is 9.89. The quantitative estimate of drug-likeness (QED) is 0.108. The van der Waals surface area contributed by atoms with Crippen LogP contribution in [0.5, 0.6) is 23.0 Å². The molecule has 84 heavy (non-hydrogen) atoms. The number of aromatic nitrogens is 2. The van der Waals surface area contributed by atoms with E-state index in [9.17, 15) is 0 Å². The number of hydrogen-bond acceptors (Lipinski definition) is 10. The molecule has 0 aliphatic carbocycles. The van der Waals surface area contributed by atoms with E-state index < -0.39 is 0 Å². The van der Waals surface area contributed by atoms with E-state index in [0.717, 1.165) is 121 Å². The van der Waals surface area contributed by atoms with Crippen molar-refractivity contribution in [3.05, 3.63) is 281 Å². The van der Waals surface area contributed by atoms with Gasteiger partial charge in [0.25, 0.3) is 0 Å². The number of benzene rings is 11. The molecule has 0 amide bonds. The van der Waals surface area contributed by atoms with Gasteiger partial charge in [-0.2, -0.15) is 12.1 Å². The molecular weight excluding hydrogens is 1400 g/mol. The van der Waals surface area contributed by atoms with Gasteiger partial charge in [-0.25, -0.2) is 0 Å². The summed E-state index contributed by atoms with van der Waals surface area (Å²) in [7, 11) is 0. The first-order chi connectivity index (χ1) is 40.6. The van der Waals surface area contributed by atoms with Crippen LogP contribution in [-0.2, 0) is 42.1 Å². The minimum atomic E-state index is 0. The van der Waals surface area contributed by atoms with Crippen molar-refractivity contribution in [3.63, 3.8) is 0 Å². The Morgan fingerprint density at radius 1 is 0.357 bits per heavy atom. The molecular formula is C72H42N6O4Pt2-6. The van der Waals surface area contributed by atoms with Gasteiger partial charge in [-0.1, -0.05) is 121 Å². The zero-order valence-electron chi connectivity index (χ0n) is 44.2. The molecule has 4 aromatic heterocycles. The van der Waals surface area contributed by atoms with Gasteiger partial charge in [0.15, 0.2) is 0 Å². The molecule has 0 unspecified atom stereocenters. The van der Waals surface area contributed by atoms with E-state index in [2.05, 4.69) is 131 Å². The molecule has 2 aliphatic rings. The summed E-state index contributed by atoms with van der Waals surface area (Å²) < 4.78 is 25.1. The maximum atomic E-state index is 6.35. The number of hydrogen-bond donors (Lipinski definition) is 0. The van der Waals surface area contributed by atoms with E-state index in [4.69, 9.17) is 28.3 Å². The average molecular weight is 1450 g/mol. The number of para-hydroxylation sites is 6. The fourth-order valence-corrected chi connectivity index (χ4v) is 11.1. The van der Waals surface area contributed by atoms with E-state index >= 15 is 0 Å². The van der Waals surface area contributed by atoms with Crippen LogP contribution in [-0.4, -0.2) is 9.97 Å². The Morgan fingerprint density at radius 2 is 0.821 bits per heavy atom. The van der Waals surface area contributed by atoms with Crippen molar-refractivity contribution in [2.24, 2.45) is 0 Å². The van der Waals surface area contributed by atoms with Crippen LogP contribution in [0, 0.1) is 37.6 Å². The monoisotopic (exact) mass is 1440 g/mol. The summed E-state index contributed by atoms with van der Waals surface area (Å²) in [6.45, 7) is 4.11. The summed E-state index contributed by atoms with van der Waals surface area (Å²) in [6.07, 6.45) is 7.80. The smallest absolute Gasteiger partial charge is 0.137 e. The predicted molar refractivity (Wildman–Crippen MR) is 328 cm³/mol. The molecule has 0 saturated heterocycles. The minimum absolute atomic E-state index is 0. The zero-order chi connectivity index (χ0) is 54.1. The summed E-state index contributed by atoms with van der Waals surface area (Å²) in [5.74, 6) is 2.40. The SMILES string of the molecule is [Pt].[Pt].[c-]1c(Oc2[c-]c3c(cc2)ccc2c3ncc3c4ccccc4oc32)cccc1N1C=CN(c2ccccc2)[CH-]1.[c-]1c(Oc2[c-]c3c(cc2)ccc2c3ncc3c4ccccc4oc32)cccc1N1[CH-]N(c2ccccc2)c2ccccc21. The van der Waals surface area contributed by atoms with Gasteiger partial charge in [0.05, 0.1) is 0 Å². The molecule has 0 bridgehead atoms. The van der Waals surface area contributed by atoms with Crippen molar-refractivity contribution < 1.29 is 60.4 Å². The number of pyridine rings is 2. The van der Waals surface area contributed by atoms with Gasteiger partial charge in [-0.3, -0.25) is 0 Å². The van der Waals surface area contributed by atoms with Crippen molar-refractivity contribution in [1.82, 2.24) is 9.97 Å². The number of fused-ring (bicyclic) bond motifs is 15. The number of ether oxygens (including phenoxy) is 2. The van der Waals surface area contributed by atoms with Crippen molar-refractivity contribution in [1.29, 1.82) is 0 Å². The number of anilines is 6. The average Bonchev–Trinajstić information content (AvgIpc) is 3.87. The molecule has 2 aliphatic heterocycles. The second-order valence-electron chi connectivity index (χ2n) is 19.9. The molecule has 0 radical (unpaired) electrons. The fraction of sp³-hybridized carbons (Fsp3) is 0. The van der Waals surface area contributed by atoms with E-state index in [1.54, 1.807) is 0 Å². The van der Waals surface area contributed by atoms with Gasteiger partial charge in [-0.05, 0) is 72.0 Å². The molecule has 410 valence electrons. The van der Waals surface area contributed by atoms with Gasteiger partial charge in [0.2, 0.25) is 0 Å². The third-order valence-electron chi connectivity index (χ3n) is 15.0. The maximum absolute atomic E-state index is 6.35. The molecule has 0 N–H and O–H groups in total. The molecule has 0 atom stereocenters. The van der Waals surface area contributed by atoms with Gasteiger partial charge in [0.1, 0.15) is 22.3 Å². The summed E-state index contributed by atoms with van der Waals surface area (Å²) in [4.78, 5) is 18.1. The third-order valence-corrected chi connectivity index (χ3v) is 15.0. The first kappa shape index (κ1) is 52.4. The number of nitrogens with zero attached hydrogens (tertiary/aromatic N) is 6. The normalized spacial score (nSPS) is 12.8. The van der Waals surface area contributed by atoms with Crippen molar-refractivity contribution in [2.75, 3.05) is 19.6 Å². The largest absolute Gasteiger partial charge is 0.503 e. The van der Waals surface area contributed by atoms with Crippen LogP contribution in [0.15, 0.2) is 252 Å². The van der Waals surface area contributed by atoms with Gasteiger partial charge >= 0.3 is 0 Å². The molecule has 0 spiro atoms. The van der Waals surface area contributed by atoms with Crippen LogP contribution in [0.1, 0.15) is 0 Å². The van der Waals surface area contributed by atoms with Crippen LogP contribution >= 0.6 is 0 Å². The molecule has 12 heteroatoms. The van der Waals surface area contributed by atoms with Crippen molar-refractivity contribution in [2.45, 2.75) is 0 Å². The Kier molecular flexibility index (Phi) is 13.6. The van der Waals surface area contributed by atoms with Crippen LogP contribution < -0.4 is 29.1 Å². The predicted octanol–water partition coefficient (Wildman–Crippen LogP) is 18.7. The molecule has 17 rings (SSSR count). The third kappa shape index (κ3) is 9.34. The number of rotatable bonds is 8. The van der Waals surface area contributed by atoms with E-state index in [-0.39, 0.29) is 42.1 Å². The first-order valence-corrected chi connectivity index (χ1v) is 26.8. The van der Waals surface area contributed by atoms with E-state index in [1.165, 1.54) is 0 Å². The van der Waals surface area contributed by atoms with Crippen LogP contribution in [0.2, 0.25) is 0 Å². The molecule has 10 nitrogen and oxygen atoms in total. The topological polar surface area (TPSA) is 83.5 Å². The van der Waals surface area contributed by atoms with Crippen LogP contribution in [0.3, 0.4) is 0 Å². The molecule has 6 heterocycles. The Hall–Kier alpha value is -9.72. The second-order valence-corrected chi connectivity index (χ2v) is 19.9. The van der Waals surface area contributed by atoms with Gasteiger partial charge in [0, 0.05) is 133 Å². The first-order valence-electron chi connectivity index (χ1n) is 26.8.